The standard InChI is InChI=1S/C15H18N6O/c16-13(22)5-7-18-14-12(10-3-4-10)9-19-15(21-14)20-11-2-1-6-17-8-11/h1-2,6,8-10H,3-5,7H2,(H2,16,22)(H2,18,19,20,21). The third-order valence-corrected chi connectivity index (χ3v) is 3.42. The number of amides is 1. The minimum absolute atomic E-state index is 0.277. The van der Waals surface area contributed by atoms with Gasteiger partial charge in [-0.1, -0.05) is 0 Å². The topological polar surface area (TPSA) is 106 Å². The van der Waals surface area contributed by atoms with Crippen molar-refractivity contribution in [3.63, 3.8) is 0 Å². The Balaban J connectivity index is 1.75. The number of pyridine rings is 1. The van der Waals surface area contributed by atoms with Crippen LogP contribution in [0.25, 0.3) is 0 Å². The highest BCUT2D eigenvalue weighted by molar-refractivity contribution is 5.74. The molecule has 0 saturated heterocycles. The molecule has 0 radical (unpaired) electrons. The van der Waals surface area contributed by atoms with Crippen molar-refractivity contribution in [2.45, 2.75) is 25.2 Å². The SMILES string of the molecule is NC(=O)CCNc1nc(Nc2cccnc2)ncc1C1CC1. The van der Waals surface area contributed by atoms with Gasteiger partial charge in [0.25, 0.3) is 0 Å². The molecule has 1 saturated carbocycles. The fraction of sp³-hybridized carbons (Fsp3) is 0.333. The maximum absolute atomic E-state index is 10.9. The molecule has 114 valence electrons. The van der Waals surface area contributed by atoms with Gasteiger partial charge in [0.2, 0.25) is 11.9 Å². The van der Waals surface area contributed by atoms with Gasteiger partial charge in [-0.2, -0.15) is 4.98 Å². The van der Waals surface area contributed by atoms with Crippen molar-refractivity contribution in [3.8, 4) is 0 Å². The highest BCUT2D eigenvalue weighted by atomic mass is 16.1. The lowest BCUT2D eigenvalue weighted by atomic mass is 10.2. The van der Waals surface area contributed by atoms with Gasteiger partial charge in [0.05, 0.1) is 11.9 Å². The lowest BCUT2D eigenvalue weighted by Gasteiger charge is -2.12. The number of nitrogens with zero attached hydrogens (tertiary/aromatic N) is 3. The Hall–Kier alpha value is -2.70. The van der Waals surface area contributed by atoms with Crippen molar-refractivity contribution >= 4 is 23.4 Å². The maximum atomic E-state index is 10.9. The monoisotopic (exact) mass is 298 g/mol. The van der Waals surface area contributed by atoms with Gasteiger partial charge in [-0.3, -0.25) is 9.78 Å². The van der Waals surface area contributed by atoms with Crippen molar-refractivity contribution < 1.29 is 4.79 Å². The molecule has 0 bridgehead atoms. The van der Waals surface area contributed by atoms with E-state index in [2.05, 4.69) is 25.6 Å². The van der Waals surface area contributed by atoms with Crippen LogP contribution in [0.1, 0.15) is 30.7 Å². The summed E-state index contributed by atoms with van der Waals surface area (Å²) in [5.41, 5.74) is 7.09. The molecule has 3 rings (SSSR count). The molecule has 1 aliphatic carbocycles. The van der Waals surface area contributed by atoms with Gasteiger partial charge in [-0.25, -0.2) is 4.98 Å². The van der Waals surface area contributed by atoms with Crippen molar-refractivity contribution in [3.05, 3.63) is 36.3 Å². The number of carbonyl (C=O) groups is 1. The molecule has 1 fully saturated rings. The van der Waals surface area contributed by atoms with Gasteiger partial charge in [-0.15, -0.1) is 0 Å². The predicted octanol–water partition coefficient (Wildman–Crippen LogP) is 1.78. The summed E-state index contributed by atoms with van der Waals surface area (Å²) in [6.45, 7) is 0.471. The Bertz CT molecular complexity index is 656. The Kier molecular flexibility index (Phi) is 4.13. The van der Waals surface area contributed by atoms with Crippen LogP contribution in [0, 0.1) is 0 Å². The third kappa shape index (κ3) is 3.69. The molecule has 1 aliphatic rings. The number of hydrogen-bond donors (Lipinski definition) is 3. The van der Waals surface area contributed by atoms with Crippen molar-refractivity contribution in [2.75, 3.05) is 17.2 Å². The highest BCUT2D eigenvalue weighted by Gasteiger charge is 2.27. The van der Waals surface area contributed by atoms with E-state index >= 15 is 0 Å². The summed E-state index contributed by atoms with van der Waals surface area (Å²) < 4.78 is 0. The highest BCUT2D eigenvalue weighted by Crippen LogP contribution is 2.42. The molecule has 2 aromatic heterocycles. The molecule has 0 unspecified atom stereocenters. The Labute approximate surface area is 128 Å². The van der Waals surface area contributed by atoms with E-state index in [9.17, 15) is 4.79 Å². The molecule has 22 heavy (non-hydrogen) atoms. The van der Waals surface area contributed by atoms with Gasteiger partial charge in [-0.05, 0) is 30.9 Å². The lowest BCUT2D eigenvalue weighted by molar-refractivity contribution is -0.117. The van der Waals surface area contributed by atoms with E-state index in [1.807, 2.05) is 18.3 Å². The first-order chi connectivity index (χ1) is 10.7. The molecular weight excluding hydrogens is 280 g/mol. The molecule has 0 aliphatic heterocycles. The molecule has 1 amide bonds. The van der Waals surface area contributed by atoms with Crippen molar-refractivity contribution in [1.82, 2.24) is 15.0 Å². The zero-order valence-corrected chi connectivity index (χ0v) is 12.1. The number of nitrogens with two attached hydrogens (primary N) is 1. The summed E-state index contributed by atoms with van der Waals surface area (Å²) in [6, 6.07) is 3.73. The molecular formula is C15H18N6O. The zero-order valence-electron chi connectivity index (χ0n) is 12.1. The van der Waals surface area contributed by atoms with Gasteiger partial charge in [0, 0.05) is 30.9 Å². The van der Waals surface area contributed by atoms with Crippen LogP contribution < -0.4 is 16.4 Å². The number of anilines is 3. The van der Waals surface area contributed by atoms with Gasteiger partial charge in [0.1, 0.15) is 5.82 Å². The molecule has 7 nitrogen and oxygen atoms in total. The molecule has 7 heteroatoms. The van der Waals surface area contributed by atoms with E-state index in [0.717, 1.165) is 29.9 Å². The van der Waals surface area contributed by atoms with Crippen LogP contribution in [0.2, 0.25) is 0 Å². The summed E-state index contributed by atoms with van der Waals surface area (Å²) in [5.74, 6) is 1.45. The van der Waals surface area contributed by atoms with Gasteiger partial charge < -0.3 is 16.4 Å². The van der Waals surface area contributed by atoms with E-state index in [4.69, 9.17) is 5.73 Å². The van der Waals surface area contributed by atoms with E-state index in [-0.39, 0.29) is 12.3 Å². The summed E-state index contributed by atoms with van der Waals surface area (Å²) in [5, 5.41) is 6.30. The predicted molar refractivity (Wildman–Crippen MR) is 83.8 cm³/mol. The van der Waals surface area contributed by atoms with Gasteiger partial charge in [0.15, 0.2) is 0 Å². The average molecular weight is 298 g/mol. The minimum atomic E-state index is -0.330. The smallest absolute Gasteiger partial charge is 0.229 e. The normalized spacial score (nSPS) is 13.6. The number of rotatable bonds is 7. The summed E-state index contributed by atoms with van der Waals surface area (Å²) in [4.78, 5) is 23.8. The van der Waals surface area contributed by atoms with E-state index in [1.54, 1.807) is 12.4 Å². The largest absolute Gasteiger partial charge is 0.370 e. The van der Waals surface area contributed by atoms with Crippen LogP contribution in [-0.4, -0.2) is 27.4 Å². The first-order valence-corrected chi connectivity index (χ1v) is 7.28. The molecule has 2 aromatic rings. The zero-order chi connectivity index (χ0) is 15.4. The van der Waals surface area contributed by atoms with E-state index in [0.29, 0.717) is 18.4 Å². The second-order valence-electron chi connectivity index (χ2n) is 5.28. The quantitative estimate of drug-likeness (QED) is 0.719. The molecule has 0 aromatic carbocycles. The molecule has 0 atom stereocenters. The average Bonchev–Trinajstić information content (AvgIpc) is 3.33. The Morgan fingerprint density at radius 1 is 1.36 bits per heavy atom. The van der Waals surface area contributed by atoms with Crippen LogP contribution in [0.5, 0.6) is 0 Å². The Morgan fingerprint density at radius 3 is 2.91 bits per heavy atom. The number of nitrogens with one attached hydrogen (secondary N) is 2. The van der Waals surface area contributed by atoms with E-state index < -0.39 is 0 Å². The minimum Gasteiger partial charge on any atom is -0.370 e. The number of aromatic nitrogens is 3. The summed E-state index contributed by atoms with van der Waals surface area (Å²) in [7, 11) is 0. The van der Waals surface area contributed by atoms with Crippen molar-refractivity contribution in [2.24, 2.45) is 5.73 Å². The molecule has 4 N–H and O–H groups in total. The van der Waals surface area contributed by atoms with Gasteiger partial charge >= 0.3 is 0 Å². The fourth-order valence-electron chi connectivity index (χ4n) is 2.16. The molecule has 0 spiro atoms. The van der Waals surface area contributed by atoms with Crippen LogP contribution >= 0.6 is 0 Å². The first kappa shape index (κ1) is 14.2. The number of hydrogen-bond acceptors (Lipinski definition) is 6. The van der Waals surface area contributed by atoms with Crippen LogP contribution in [0.3, 0.4) is 0 Å². The van der Waals surface area contributed by atoms with Crippen LogP contribution in [0.4, 0.5) is 17.5 Å². The lowest BCUT2D eigenvalue weighted by Crippen LogP contribution is -2.17. The van der Waals surface area contributed by atoms with Crippen molar-refractivity contribution in [1.29, 1.82) is 0 Å². The summed E-state index contributed by atoms with van der Waals surface area (Å²) >= 11 is 0. The molecule has 2 heterocycles. The second-order valence-corrected chi connectivity index (χ2v) is 5.28. The van der Waals surface area contributed by atoms with Crippen LogP contribution in [-0.2, 0) is 4.79 Å². The number of carbonyl (C=O) groups excluding carboxylic acids is 1. The first-order valence-electron chi connectivity index (χ1n) is 7.28. The van der Waals surface area contributed by atoms with E-state index in [1.165, 1.54) is 0 Å². The van der Waals surface area contributed by atoms with Crippen LogP contribution in [0.15, 0.2) is 30.7 Å². The second kappa shape index (κ2) is 6.38. The summed E-state index contributed by atoms with van der Waals surface area (Å²) in [6.07, 6.45) is 7.85. The third-order valence-electron chi connectivity index (χ3n) is 3.42. The Morgan fingerprint density at radius 2 is 2.23 bits per heavy atom. The fourth-order valence-corrected chi connectivity index (χ4v) is 2.16. The number of primary amides is 1. The maximum Gasteiger partial charge on any atom is 0.229 e.